The molecule has 1 spiro atoms. The molecule has 10 aromatic carbocycles. The lowest BCUT2D eigenvalue weighted by atomic mass is 9.51. The summed E-state index contributed by atoms with van der Waals surface area (Å²) in [5, 5.41) is 3.87. The van der Waals surface area contributed by atoms with Crippen molar-refractivity contribution in [3.8, 4) is 33.4 Å². The summed E-state index contributed by atoms with van der Waals surface area (Å²) < 4.78 is 0. The van der Waals surface area contributed by atoms with Crippen LogP contribution in [0.4, 0.5) is 5.69 Å². The molecule has 1 heteroatoms. The molecular weight excluding hydrogens is 915 g/mol. The third-order valence-electron chi connectivity index (χ3n) is 18.0. The average Bonchev–Trinajstić information content (AvgIpc) is 4.17. The van der Waals surface area contributed by atoms with Crippen LogP contribution in [0.1, 0.15) is 112 Å². The van der Waals surface area contributed by atoms with E-state index >= 15 is 0 Å². The number of hydrogen-bond acceptors (Lipinski definition) is 1. The second kappa shape index (κ2) is 17.3. The zero-order valence-electron chi connectivity index (χ0n) is 44.0. The number of hydrogen-bond donors (Lipinski definition) is 1. The minimum absolute atomic E-state index is 0.0202. The fraction of sp³-hybridized carbons (Fsp3) is 0.147. The van der Waals surface area contributed by atoms with Crippen molar-refractivity contribution in [2.45, 2.75) is 68.7 Å². The Morgan fingerprint density at radius 1 is 0.355 bits per heavy atom. The van der Waals surface area contributed by atoms with Gasteiger partial charge in [-0.1, -0.05) is 270 Å². The molecule has 5 aliphatic carbocycles. The predicted octanol–water partition coefficient (Wildman–Crippen LogP) is 18.2. The molecule has 0 radical (unpaired) electrons. The summed E-state index contributed by atoms with van der Waals surface area (Å²) in [5.74, 6) is 0. The SMILES string of the molecule is CC1(C)c2ccccc2-c2ccc(NC3C=CC(c4ccc5c(c4)C4(c6ccccc6-5)c5ccccc5C(c5ccccc5)(c5ccccc5)c5ccccc54)=CC3)cc21.Cc1ccc2c(c1)C(C)(C)c1ccccc1-2. The fourth-order valence-electron chi connectivity index (χ4n) is 14.5. The Hall–Kier alpha value is -8.52. The minimum atomic E-state index is -0.508. The van der Waals surface area contributed by atoms with Crippen LogP contribution in [0.15, 0.2) is 255 Å². The van der Waals surface area contributed by atoms with Gasteiger partial charge in [-0.05, 0) is 143 Å². The standard InChI is InChI=1S/C59H45N.C16H16/c1-57(2)49-23-11-9-21-45(49)47-36-34-44(38-55(47)57)60-43-32-29-39(30-33-43)40-31-35-48-46-22-10-12-24-50(46)59(56(48)37-40)53-27-15-13-25-51(53)58(41-17-5-3-6-18-41,42-19-7-4-8-20-42)52-26-14-16-28-54(52)59;1-11-8-9-13-12-6-4-5-7-14(12)16(2,3)15(13)10-11/h3-32,34-38,43,60H,33H2,1-2H3;4-10H,1-3H3. The van der Waals surface area contributed by atoms with Gasteiger partial charge in [0.1, 0.15) is 0 Å². The smallest absolute Gasteiger partial charge is 0.0720 e. The van der Waals surface area contributed by atoms with Crippen LogP contribution in [0.2, 0.25) is 0 Å². The molecule has 0 aromatic heterocycles. The van der Waals surface area contributed by atoms with Gasteiger partial charge >= 0.3 is 0 Å². The number of fused-ring (bicyclic) bond motifs is 15. The maximum Gasteiger partial charge on any atom is 0.0720 e. The van der Waals surface area contributed by atoms with Crippen LogP contribution in [0.25, 0.3) is 39.0 Å². The maximum absolute atomic E-state index is 3.87. The summed E-state index contributed by atoms with van der Waals surface area (Å²) in [6.07, 6.45) is 8.04. The number of aryl methyl sites for hydroxylation is 1. The molecule has 0 heterocycles. The van der Waals surface area contributed by atoms with E-state index in [1.54, 1.807) is 0 Å². The van der Waals surface area contributed by atoms with E-state index in [0.29, 0.717) is 0 Å². The van der Waals surface area contributed by atoms with Gasteiger partial charge in [0, 0.05) is 22.6 Å². The number of benzene rings is 10. The highest BCUT2D eigenvalue weighted by Gasteiger charge is 2.56. The molecule has 1 atom stereocenters. The Morgan fingerprint density at radius 3 is 1.32 bits per heavy atom. The lowest BCUT2D eigenvalue weighted by molar-refractivity contribution is 0.623. The number of rotatable bonds is 5. The van der Waals surface area contributed by atoms with Gasteiger partial charge < -0.3 is 5.32 Å². The van der Waals surface area contributed by atoms with Crippen LogP contribution in [0.5, 0.6) is 0 Å². The monoisotopic (exact) mass is 975 g/mol. The maximum atomic E-state index is 3.87. The number of allylic oxidation sites excluding steroid dienone is 2. The van der Waals surface area contributed by atoms with Gasteiger partial charge in [0.15, 0.2) is 0 Å². The van der Waals surface area contributed by atoms with Crippen molar-refractivity contribution in [1.82, 2.24) is 0 Å². The van der Waals surface area contributed by atoms with Crippen molar-refractivity contribution in [2.75, 3.05) is 5.32 Å². The van der Waals surface area contributed by atoms with Crippen molar-refractivity contribution >= 4 is 11.3 Å². The third kappa shape index (κ3) is 6.58. The summed E-state index contributed by atoms with van der Waals surface area (Å²) in [6.45, 7) is 11.5. The minimum Gasteiger partial charge on any atom is -0.379 e. The van der Waals surface area contributed by atoms with E-state index in [2.05, 4.69) is 295 Å². The number of anilines is 1. The van der Waals surface area contributed by atoms with Crippen LogP contribution in [-0.4, -0.2) is 6.04 Å². The predicted molar refractivity (Wildman–Crippen MR) is 318 cm³/mol. The van der Waals surface area contributed by atoms with Crippen molar-refractivity contribution < 1.29 is 0 Å². The Labute approximate surface area is 449 Å². The first-order valence-corrected chi connectivity index (χ1v) is 27.3. The van der Waals surface area contributed by atoms with Crippen molar-refractivity contribution in [2.24, 2.45) is 0 Å². The van der Waals surface area contributed by atoms with Crippen LogP contribution >= 0.6 is 0 Å². The van der Waals surface area contributed by atoms with E-state index in [-0.39, 0.29) is 16.9 Å². The molecule has 1 N–H and O–H groups in total. The first-order chi connectivity index (χ1) is 37.1. The van der Waals surface area contributed by atoms with Gasteiger partial charge in [-0.2, -0.15) is 0 Å². The van der Waals surface area contributed by atoms with Crippen LogP contribution < -0.4 is 5.32 Å². The molecule has 0 amide bonds. The van der Waals surface area contributed by atoms with E-state index in [1.807, 2.05) is 0 Å². The van der Waals surface area contributed by atoms with Crippen molar-refractivity contribution in [3.05, 3.63) is 333 Å². The van der Waals surface area contributed by atoms with Gasteiger partial charge in [-0.3, -0.25) is 0 Å². The molecule has 0 aliphatic heterocycles. The average molecular weight is 976 g/mol. The molecule has 0 saturated heterocycles. The highest BCUT2D eigenvalue weighted by molar-refractivity contribution is 5.92. The Bertz CT molecular complexity index is 3920. The van der Waals surface area contributed by atoms with Gasteiger partial charge in [-0.15, -0.1) is 0 Å². The molecule has 76 heavy (non-hydrogen) atoms. The molecule has 5 aliphatic rings. The molecule has 1 nitrogen and oxygen atoms in total. The molecule has 10 aromatic rings. The van der Waals surface area contributed by atoms with E-state index in [0.717, 1.165) is 6.42 Å². The Balaban J connectivity index is 0.000000281. The molecule has 0 fully saturated rings. The second-order valence-electron chi connectivity index (χ2n) is 22.8. The Morgan fingerprint density at radius 2 is 0.776 bits per heavy atom. The molecule has 1 unspecified atom stereocenters. The summed E-state index contributed by atoms with van der Waals surface area (Å²) in [5.41, 5.74) is 28.7. The highest BCUT2D eigenvalue weighted by atomic mass is 14.9. The quantitative estimate of drug-likeness (QED) is 0.181. The lowest BCUT2D eigenvalue weighted by Crippen LogP contribution is -2.44. The molecule has 0 saturated carbocycles. The molecule has 15 rings (SSSR count). The zero-order chi connectivity index (χ0) is 51.4. The van der Waals surface area contributed by atoms with E-state index in [4.69, 9.17) is 0 Å². The first-order valence-electron chi connectivity index (χ1n) is 27.3. The van der Waals surface area contributed by atoms with Crippen LogP contribution in [0.3, 0.4) is 0 Å². The normalized spacial score (nSPS) is 17.3. The van der Waals surface area contributed by atoms with E-state index in [1.165, 1.54) is 123 Å². The summed E-state index contributed by atoms with van der Waals surface area (Å²) in [7, 11) is 0. The third-order valence-corrected chi connectivity index (χ3v) is 18.0. The second-order valence-corrected chi connectivity index (χ2v) is 22.8. The summed E-state index contributed by atoms with van der Waals surface area (Å²) in [4.78, 5) is 0. The van der Waals surface area contributed by atoms with E-state index in [9.17, 15) is 0 Å². The van der Waals surface area contributed by atoms with Gasteiger partial charge in [-0.25, -0.2) is 0 Å². The van der Waals surface area contributed by atoms with Gasteiger partial charge in [0.25, 0.3) is 0 Å². The van der Waals surface area contributed by atoms with Crippen LogP contribution in [0, 0.1) is 6.92 Å². The topological polar surface area (TPSA) is 12.0 Å². The largest absolute Gasteiger partial charge is 0.379 e. The molecular formula is C75H61N. The van der Waals surface area contributed by atoms with Crippen molar-refractivity contribution in [1.29, 1.82) is 0 Å². The van der Waals surface area contributed by atoms with Gasteiger partial charge in [0.05, 0.1) is 10.8 Å². The lowest BCUT2D eigenvalue weighted by Gasteiger charge is -2.50. The van der Waals surface area contributed by atoms with Crippen LogP contribution in [-0.2, 0) is 21.7 Å². The highest BCUT2D eigenvalue weighted by Crippen LogP contribution is 2.65. The van der Waals surface area contributed by atoms with E-state index < -0.39 is 10.8 Å². The zero-order valence-corrected chi connectivity index (χ0v) is 44.0. The fourth-order valence-corrected chi connectivity index (χ4v) is 14.5. The Kier molecular flexibility index (Phi) is 10.5. The van der Waals surface area contributed by atoms with Crippen molar-refractivity contribution in [3.63, 3.8) is 0 Å². The first kappa shape index (κ1) is 46.0. The summed E-state index contributed by atoms with van der Waals surface area (Å²) >= 11 is 0. The molecule has 366 valence electrons. The summed E-state index contributed by atoms with van der Waals surface area (Å²) in [6, 6.07) is 88.9. The molecule has 0 bridgehead atoms. The van der Waals surface area contributed by atoms with Gasteiger partial charge in [0.2, 0.25) is 0 Å². The number of nitrogens with one attached hydrogen (secondary N) is 1.